The van der Waals surface area contributed by atoms with Crippen molar-refractivity contribution in [2.45, 2.75) is 26.3 Å². The summed E-state index contributed by atoms with van der Waals surface area (Å²) in [7, 11) is 0. The van der Waals surface area contributed by atoms with Gasteiger partial charge in [-0.1, -0.05) is 11.6 Å². The molecular formula is C13H18ClN3O2. The van der Waals surface area contributed by atoms with Crippen LogP contribution < -0.4 is 0 Å². The Kier molecular flexibility index (Phi) is 5.10. The zero-order valence-corrected chi connectivity index (χ0v) is 11.8. The first-order valence-electron chi connectivity index (χ1n) is 6.54. The number of rotatable bonds is 4. The molecule has 1 unspecified atom stereocenters. The van der Waals surface area contributed by atoms with Crippen LogP contribution in [-0.2, 0) is 16.1 Å². The van der Waals surface area contributed by atoms with Gasteiger partial charge in [-0.25, -0.2) is 4.98 Å². The molecule has 1 saturated heterocycles. The third-order valence-corrected chi connectivity index (χ3v) is 3.38. The first kappa shape index (κ1) is 14.2. The lowest BCUT2D eigenvalue weighted by molar-refractivity contribution is -0.150. The Morgan fingerprint density at radius 3 is 3.05 bits per heavy atom. The molecule has 1 aliphatic heterocycles. The summed E-state index contributed by atoms with van der Waals surface area (Å²) in [5.41, 5.74) is 0.869. The maximum Gasteiger partial charge on any atom is 0.310 e. The van der Waals surface area contributed by atoms with Crippen molar-refractivity contribution in [3.05, 3.63) is 23.2 Å². The minimum absolute atomic E-state index is 0.0195. The van der Waals surface area contributed by atoms with Crippen molar-refractivity contribution in [2.24, 2.45) is 5.92 Å². The summed E-state index contributed by atoms with van der Waals surface area (Å²) < 4.78 is 5.08. The van der Waals surface area contributed by atoms with Crippen LogP contribution in [0.2, 0.25) is 5.15 Å². The number of esters is 1. The van der Waals surface area contributed by atoms with E-state index in [1.165, 1.54) is 0 Å². The summed E-state index contributed by atoms with van der Waals surface area (Å²) in [6.45, 7) is 4.67. The molecule has 104 valence electrons. The normalized spacial score (nSPS) is 20.2. The van der Waals surface area contributed by atoms with Gasteiger partial charge < -0.3 is 4.74 Å². The van der Waals surface area contributed by atoms with Crippen LogP contribution in [0.4, 0.5) is 0 Å². The summed E-state index contributed by atoms with van der Waals surface area (Å²) in [5, 5.41) is 0.395. The van der Waals surface area contributed by atoms with Gasteiger partial charge in [0, 0.05) is 13.1 Å². The summed E-state index contributed by atoms with van der Waals surface area (Å²) in [6, 6.07) is 0. The second-order valence-corrected chi connectivity index (χ2v) is 5.04. The van der Waals surface area contributed by atoms with Crippen LogP contribution in [0.1, 0.15) is 25.5 Å². The molecule has 0 N–H and O–H groups in total. The summed E-state index contributed by atoms with van der Waals surface area (Å²) in [6.07, 6.45) is 5.13. The first-order valence-corrected chi connectivity index (χ1v) is 6.92. The van der Waals surface area contributed by atoms with E-state index < -0.39 is 0 Å². The van der Waals surface area contributed by atoms with Gasteiger partial charge in [-0.05, 0) is 26.3 Å². The fourth-order valence-corrected chi connectivity index (χ4v) is 2.40. The van der Waals surface area contributed by atoms with Crippen molar-refractivity contribution >= 4 is 17.6 Å². The Hall–Kier alpha value is -1.20. The Balaban J connectivity index is 1.90. The topological polar surface area (TPSA) is 55.3 Å². The van der Waals surface area contributed by atoms with Gasteiger partial charge in [-0.3, -0.25) is 14.7 Å². The van der Waals surface area contributed by atoms with Crippen molar-refractivity contribution in [2.75, 3.05) is 19.7 Å². The minimum atomic E-state index is -0.0885. The largest absolute Gasteiger partial charge is 0.466 e. The molecule has 6 heteroatoms. The fourth-order valence-electron chi connectivity index (χ4n) is 2.30. The number of halogens is 1. The Bertz CT molecular complexity index is 424. The lowest BCUT2D eigenvalue weighted by Gasteiger charge is -2.31. The minimum Gasteiger partial charge on any atom is -0.466 e. The predicted molar refractivity (Wildman–Crippen MR) is 71.7 cm³/mol. The number of piperidine rings is 1. The monoisotopic (exact) mass is 283 g/mol. The highest BCUT2D eigenvalue weighted by atomic mass is 35.5. The standard InChI is InChI=1S/C13H18ClN3O2/c1-2-19-13(18)10-4-3-5-17(8-10)9-11-6-16-12(14)7-15-11/h6-7,10H,2-5,8-9H2,1H3. The Morgan fingerprint density at radius 2 is 2.37 bits per heavy atom. The van der Waals surface area contributed by atoms with E-state index in [-0.39, 0.29) is 11.9 Å². The van der Waals surface area contributed by atoms with Gasteiger partial charge in [0.2, 0.25) is 0 Å². The molecule has 0 saturated carbocycles. The second-order valence-electron chi connectivity index (χ2n) is 4.66. The molecule has 1 fully saturated rings. The molecule has 2 heterocycles. The maximum atomic E-state index is 11.7. The number of ether oxygens (including phenoxy) is 1. The molecule has 5 nitrogen and oxygen atoms in total. The molecule has 0 amide bonds. The highest BCUT2D eigenvalue weighted by Gasteiger charge is 2.26. The van der Waals surface area contributed by atoms with Crippen LogP contribution in [0.5, 0.6) is 0 Å². The molecule has 0 radical (unpaired) electrons. The van der Waals surface area contributed by atoms with Crippen LogP contribution >= 0.6 is 11.6 Å². The van der Waals surface area contributed by atoms with E-state index in [9.17, 15) is 4.79 Å². The smallest absolute Gasteiger partial charge is 0.310 e. The molecule has 0 aromatic carbocycles. The van der Waals surface area contributed by atoms with Gasteiger partial charge >= 0.3 is 5.97 Å². The van der Waals surface area contributed by atoms with Crippen LogP contribution in [-0.4, -0.2) is 40.5 Å². The second kappa shape index (κ2) is 6.82. The molecule has 2 rings (SSSR count). The average molecular weight is 284 g/mol. The zero-order chi connectivity index (χ0) is 13.7. The molecule has 1 aromatic heterocycles. The average Bonchev–Trinajstić information content (AvgIpc) is 2.42. The fraction of sp³-hybridized carbons (Fsp3) is 0.615. The molecular weight excluding hydrogens is 266 g/mol. The highest BCUT2D eigenvalue weighted by Crippen LogP contribution is 2.19. The van der Waals surface area contributed by atoms with Crippen molar-refractivity contribution in [3.63, 3.8) is 0 Å². The van der Waals surface area contributed by atoms with Crippen molar-refractivity contribution in [3.8, 4) is 0 Å². The van der Waals surface area contributed by atoms with Gasteiger partial charge in [-0.15, -0.1) is 0 Å². The molecule has 1 atom stereocenters. The summed E-state index contributed by atoms with van der Waals surface area (Å²) in [5.74, 6) is -0.108. The highest BCUT2D eigenvalue weighted by molar-refractivity contribution is 6.29. The first-order chi connectivity index (χ1) is 9.19. The van der Waals surface area contributed by atoms with Gasteiger partial charge in [0.25, 0.3) is 0 Å². The van der Waals surface area contributed by atoms with Crippen molar-refractivity contribution < 1.29 is 9.53 Å². The van der Waals surface area contributed by atoms with E-state index in [0.29, 0.717) is 18.3 Å². The van der Waals surface area contributed by atoms with Gasteiger partial charge in [-0.2, -0.15) is 0 Å². The lowest BCUT2D eigenvalue weighted by atomic mass is 9.98. The molecule has 19 heavy (non-hydrogen) atoms. The summed E-state index contributed by atoms with van der Waals surface area (Å²) >= 11 is 5.71. The van der Waals surface area contributed by atoms with E-state index in [1.807, 2.05) is 6.92 Å². The Labute approximate surface area is 117 Å². The zero-order valence-electron chi connectivity index (χ0n) is 11.0. The van der Waals surface area contributed by atoms with E-state index >= 15 is 0 Å². The number of nitrogens with zero attached hydrogens (tertiary/aromatic N) is 3. The predicted octanol–water partition coefficient (Wildman–Crippen LogP) is 1.91. The van der Waals surface area contributed by atoms with Crippen LogP contribution in [0.15, 0.2) is 12.4 Å². The number of hydrogen-bond donors (Lipinski definition) is 0. The number of carbonyl (C=O) groups is 1. The number of carbonyl (C=O) groups excluding carboxylic acids is 1. The molecule has 0 bridgehead atoms. The molecule has 1 aliphatic rings. The van der Waals surface area contributed by atoms with Gasteiger partial charge in [0.15, 0.2) is 0 Å². The number of aromatic nitrogens is 2. The van der Waals surface area contributed by atoms with Crippen molar-refractivity contribution in [1.82, 2.24) is 14.9 Å². The third-order valence-electron chi connectivity index (χ3n) is 3.18. The third kappa shape index (κ3) is 4.14. The maximum absolute atomic E-state index is 11.7. The molecule has 0 spiro atoms. The van der Waals surface area contributed by atoms with E-state index in [2.05, 4.69) is 14.9 Å². The lowest BCUT2D eigenvalue weighted by Crippen LogP contribution is -2.39. The number of likely N-dealkylation sites (tertiary alicyclic amines) is 1. The van der Waals surface area contributed by atoms with E-state index in [0.717, 1.165) is 31.6 Å². The number of hydrogen-bond acceptors (Lipinski definition) is 5. The van der Waals surface area contributed by atoms with E-state index in [4.69, 9.17) is 16.3 Å². The van der Waals surface area contributed by atoms with Crippen molar-refractivity contribution in [1.29, 1.82) is 0 Å². The summed E-state index contributed by atoms with van der Waals surface area (Å²) in [4.78, 5) is 22.2. The SMILES string of the molecule is CCOC(=O)C1CCCN(Cc2cnc(Cl)cn2)C1. The van der Waals surface area contributed by atoms with Gasteiger partial charge in [0.1, 0.15) is 5.15 Å². The molecule has 0 aliphatic carbocycles. The molecule has 1 aromatic rings. The van der Waals surface area contributed by atoms with Crippen LogP contribution in [0.3, 0.4) is 0 Å². The quantitative estimate of drug-likeness (QED) is 0.790. The van der Waals surface area contributed by atoms with Crippen LogP contribution in [0.25, 0.3) is 0 Å². The van der Waals surface area contributed by atoms with Gasteiger partial charge in [0.05, 0.1) is 30.6 Å². The van der Waals surface area contributed by atoms with Crippen LogP contribution in [0, 0.1) is 5.92 Å². The van der Waals surface area contributed by atoms with E-state index in [1.54, 1.807) is 12.4 Å². The Morgan fingerprint density at radius 1 is 1.53 bits per heavy atom.